The molecule has 0 aliphatic carbocycles. The summed E-state index contributed by atoms with van der Waals surface area (Å²) < 4.78 is 0. The molecule has 3 heteroatoms. The van der Waals surface area contributed by atoms with E-state index in [1.807, 2.05) is 18.6 Å². The number of dihydropyridines is 1. The number of halogens is 1. The van der Waals surface area contributed by atoms with Crippen LogP contribution in [0.2, 0.25) is 0 Å². The summed E-state index contributed by atoms with van der Waals surface area (Å²) in [6.45, 7) is 0. The number of hydrogen-bond donors (Lipinski definition) is 0. The molecule has 1 rings (SSSR count). The molecule has 1 unspecified atom stereocenters. The minimum atomic E-state index is 0. The maximum Gasteiger partial charge on any atom is 0.0580 e. The molecule has 0 bridgehead atoms. The fourth-order valence-electron chi connectivity index (χ4n) is 0.387. The molecule has 8 heavy (non-hydrogen) atoms. The standard InChI is InChI=1S/C5H5BrN.V/c6-5-3-1-2-4-7-5;/h1-5H;/q-1;. The Bertz CT molecular complexity index is 111. The molecular formula is C5H5BrNV-. The Morgan fingerprint density at radius 3 is 2.62 bits per heavy atom. The van der Waals surface area contributed by atoms with E-state index in [0.29, 0.717) is 0 Å². The third-order valence-corrected chi connectivity index (χ3v) is 1.24. The third-order valence-electron chi connectivity index (χ3n) is 0.696. The third kappa shape index (κ3) is 2.60. The van der Waals surface area contributed by atoms with Crippen molar-refractivity contribution < 1.29 is 18.6 Å². The van der Waals surface area contributed by atoms with Gasteiger partial charge in [-0.2, -0.15) is 12.5 Å². The van der Waals surface area contributed by atoms with Crippen molar-refractivity contribution in [1.29, 1.82) is 0 Å². The number of allylic oxidation sites excluding steroid dienone is 1. The van der Waals surface area contributed by atoms with Gasteiger partial charge in [-0.05, 0) is 0 Å². The van der Waals surface area contributed by atoms with Gasteiger partial charge >= 0.3 is 0 Å². The summed E-state index contributed by atoms with van der Waals surface area (Å²) >= 11 is 3.28. The van der Waals surface area contributed by atoms with Crippen molar-refractivity contribution in [3.8, 4) is 0 Å². The molecule has 1 radical (unpaired) electrons. The van der Waals surface area contributed by atoms with Gasteiger partial charge < -0.3 is 4.99 Å². The number of nitrogens with zero attached hydrogens (tertiary/aromatic N) is 1. The molecule has 0 N–H and O–H groups in total. The Morgan fingerprint density at radius 2 is 2.38 bits per heavy atom. The van der Waals surface area contributed by atoms with Crippen LogP contribution < -0.4 is 0 Å². The molecule has 0 amide bonds. The predicted octanol–water partition coefficient (Wildman–Crippen LogP) is 1.55. The fraction of sp³-hybridized carbons (Fsp3) is 0.200. The molecule has 1 atom stereocenters. The number of aliphatic imine (C=N–C) groups is 1. The van der Waals surface area contributed by atoms with Gasteiger partial charge in [0.15, 0.2) is 0 Å². The van der Waals surface area contributed by atoms with Crippen molar-refractivity contribution in [2.75, 3.05) is 0 Å². The minimum Gasteiger partial charge on any atom is -0.312 e. The van der Waals surface area contributed by atoms with Crippen molar-refractivity contribution in [3.63, 3.8) is 0 Å². The number of alkyl halides is 1. The van der Waals surface area contributed by atoms with Crippen LogP contribution in [0.3, 0.4) is 0 Å². The van der Waals surface area contributed by atoms with Gasteiger partial charge in [-0.1, -0.05) is 22.1 Å². The van der Waals surface area contributed by atoms with Crippen LogP contribution in [-0.2, 0) is 18.6 Å². The molecule has 0 aromatic heterocycles. The van der Waals surface area contributed by atoms with E-state index in [4.69, 9.17) is 0 Å². The second-order valence-corrected chi connectivity index (χ2v) is 2.19. The van der Waals surface area contributed by atoms with Crippen LogP contribution in [0.25, 0.3) is 0 Å². The molecule has 1 nitrogen and oxygen atoms in total. The van der Waals surface area contributed by atoms with E-state index in [0.717, 1.165) is 0 Å². The van der Waals surface area contributed by atoms with Crippen LogP contribution >= 0.6 is 15.9 Å². The van der Waals surface area contributed by atoms with Crippen LogP contribution in [-0.4, -0.2) is 11.2 Å². The van der Waals surface area contributed by atoms with Crippen LogP contribution in [0.1, 0.15) is 0 Å². The topological polar surface area (TPSA) is 12.4 Å². The largest absolute Gasteiger partial charge is 0.312 e. The van der Waals surface area contributed by atoms with Gasteiger partial charge in [0.05, 0.1) is 4.95 Å². The molecule has 0 saturated carbocycles. The molecule has 0 fully saturated rings. The maximum atomic E-state index is 3.98. The van der Waals surface area contributed by atoms with Gasteiger partial charge in [0.1, 0.15) is 0 Å². The van der Waals surface area contributed by atoms with E-state index in [-0.39, 0.29) is 23.5 Å². The van der Waals surface area contributed by atoms with E-state index >= 15 is 0 Å². The second kappa shape index (κ2) is 4.25. The van der Waals surface area contributed by atoms with Crippen LogP contribution in [0.4, 0.5) is 0 Å². The zero-order valence-corrected chi connectivity index (χ0v) is 7.14. The number of rotatable bonds is 0. The average molecular weight is 210 g/mol. The quantitative estimate of drug-likeness (QED) is 0.326. The first kappa shape index (κ1) is 8.34. The summed E-state index contributed by atoms with van der Waals surface area (Å²) in [5.74, 6) is 0. The zero-order chi connectivity index (χ0) is 5.11. The van der Waals surface area contributed by atoms with Gasteiger partial charge in [0.25, 0.3) is 0 Å². The van der Waals surface area contributed by atoms with E-state index in [9.17, 15) is 0 Å². The first-order valence-electron chi connectivity index (χ1n) is 2.07. The van der Waals surface area contributed by atoms with Gasteiger partial charge in [-0.3, -0.25) is 0 Å². The van der Waals surface area contributed by atoms with E-state index in [1.54, 1.807) is 6.21 Å². The van der Waals surface area contributed by atoms with Crippen molar-refractivity contribution in [2.45, 2.75) is 4.95 Å². The Kier molecular flexibility index (Phi) is 4.43. The molecule has 0 spiro atoms. The normalized spacial score (nSPS) is 23.9. The summed E-state index contributed by atoms with van der Waals surface area (Å²) in [4.78, 5) is 4.19. The van der Waals surface area contributed by atoms with Crippen LogP contribution in [0.5, 0.6) is 0 Å². The Balaban J connectivity index is 0.000000490. The summed E-state index contributed by atoms with van der Waals surface area (Å²) in [6.07, 6.45) is 7.61. The van der Waals surface area contributed by atoms with Gasteiger partial charge in [0.2, 0.25) is 0 Å². The first-order chi connectivity index (χ1) is 3.39. The molecule has 0 aromatic carbocycles. The van der Waals surface area contributed by atoms with Crippen molar-refractivity contribution in [3.05, 3.63) is 18.6 Å². The first-order valence-corrected chi connectivity index (χ1v) is 2.98. The molecule has 1 aliphatic rings. The minimum absolute atomic E-state index is 0. The Morgan fingerprint density at radius 1 is 1.62 bits per heavy atom. The Labute approximate surface area is 69.3 Å². The van der Waals surface area contributed by atoms with Crippen molar-refractivity contribution in [2.24, 2.45) is 4.99 Å². The average Bonchev–Trinajstić information content (AvgIpc) is 1.69. The molecule has 1 aliphatic heterocycles. The molecule has 0 saturated heterocycles. The molecule has 43 valence electrons. The van der Waals surface area contributed by atoms with Crippen molar-refractivity contribution >= 4 is 22.1 Å². The Hall–Kier alpha value is 0.344. The maximum absolute atomic E-state index is 3.98. The number of hydrogen-bond acceptors (Lipinski definition) is 1. The van der Waals surface area contributed by atoms with Crippen LogP contribution in [0.15, 0.2) is 17.1 Å². The smallest absolute Gasteiger partial charge is 0.0580 e. The van der Waals surface area contributed by atoms with E-state index in [2.05, 4.69) is 20.9 Å². The summed E-state index contributed by atoms with van der Waals surface area (Å²) in [6, 6.07) is 0. The summed E-state index contributed by atoms with van der Waals surface area (Å²) in [5.41, 5.74) is 0. The monoisotopic (exact) mass is 209 g/mol. The second-order valence-electron chi connectivity index (χ2n) is 1.25. The van der Waals surface area contributed by atoms with Gasteiger partial charge in [0, 0.05) is 18.6 Å². The van der Waals surface area contributed by atoms with E-state index in [1.165, 1.54) is 0 Å². The van der Waals surface area contributed by atoms with Crippen LogP contribution in [0, 0.1) is 6.42 Å². The summed E-state index contributed by atoms with van der Waals surface area (Å²) in [5, 5.41) is 0. The molecular weight excluding hydrogens is 205 g/mol. The predicted molar refractivity (Wildman–Crippen MR) is 34.6 cm³/mol. The van der Waals surface area contributed by atoms with Gasteiger partial charge in [-0.25, -0.2) is 6.08 Å². The SMILES string of the molecule is BrC1[CH-]C=CC=N1.[V]. The van der Waals surface area contributed by atoms with Gasteiger partial charge in [-0.15, -0.1) is 0 Å². The zero-order valence-electron chi connectivity index (χ0n) is 4.16. The fourth-order valence-corrected chi connectivity index (χ4v) is 0.700. The summed E-state index contributed by atoms with van der Waals surface area (Å²) in [7, 11) is 0. The molecule has 1 heterocycles. The molecule has 0 aromatic rings. The van der Waals surface area contributed by atoms with E-state index < -0.39 is 0 Å². The van der Waals surface area contributed by atoms with Crippen molar-refractivity contribution in [1.82, 2.24) is 0 Å².